The molecule has 0 saturated heterocycles. The minimum absolute atomic E-state index is 0.0493. The number of nitro groups is 1. The van der Waals surface area contributed by atoms with E-state index in [2.05, 4.69) is 10.4 Å². The van der Waals surface area contributed by atoms with Gasteiger partial charge < -0.3 is 5.32 Å². The van der Waals surface area contributed by atoms with Gasteiger partial charge in [0.05, 0.1) is 12.1 Å². The Hall–Kier alpha value is -2.44. The third kappa shape index (κ3) is 2.72. The van der Waals surface area contributed by atoms with Crippen LogP contribution in [0.5, 0.6) is 0 Å². The molecule has 3 rings (SSSR count). The van der Waals surface area contributed by atoms with E-state index in [1.54, 1.807) is 18.3 Å². The molecule has 1 atom stereocenters. The molecule has 1 unspecified atom stereocenters. The summed E-state index contributed by atoms with van der Waals surface area (Å²) in [5.41, 5.74) is 2.27. The number of hydrogen-bond acceptors (Lipinski definition) is 5. The molecule has 1 fully saturated rings. The second-order valence-corrected chi connectivity index (χ2v) is 5.41. The van der Waals surface area contributed by atoms with Crippen molar-refractivity contribution in [2.75, 3.05) is 10.3 Å². The lowest BCUT2D eigenvalue weighted by Gasteiger charge is -2.18. The Labute approximate surface area is 121 Å². The topological polar surface area (TPSA) is 87.8 Å². The van der Waals surface area contributed by atoms with Gasteiger partial charge in [-0.25, -0.2) is 0 Å². The second-order valence-electron chi connectivity index (χ2n) is 5.41. The van der Waals surface area contributed by atoms with Crippen molar-refractivity contribution < 1.29 is 9.72 Å². The van der Waals surface area contributed by atoms with Gasteiger partial charge in [0.1, 0.15) is 0 Å². The summed E-state index contributed by atoms with van der Waals surface area (Å²) in [4.78, 5) is 22.4. The lowest BCUT2D eigenvalue weighted by Crippen LogP contribution is -2.33. The Balaban J connectivity index is 1.78. The normalized spacial score (nSPS) is 20.6. The van der Waals surface area contributed by atoms with Crippen LogP contribution >= 0.6 is 0 Å². The maximum atomic E-state index is 11.8. The zero-order valence-corrected chi connectivity index (χ0v) is 11.7. The molecule has 21 heavy (non-hydrogen) atoms. The van der Waals surface area contributed by atoms with E-state index >= 15 is 0 Å². The average molecular weight is 288 g/mol. The van der Waals surface area contributed by atoms with Gasteiger partial charge >= 0.3 is 6.17 Å². The van der Waals surface area contributed by atoms with Crippen LogP contribution in [-0.2, 0) is 4.79 Å². The van der Waals surface area contributed by atoms with Crippen molar-refractivity contribution in [1.29, 1.82) is 0 Å². The molecule has 0 spiro atoms. The Morgan fingerprint density at radius 3 is 2.86 bits per heavy atom. The van der Waals surface area contributed by atoms with Crippen molar-refractivity contribution >= 4 is 23.5 Å². The van der Waals surface area contributed by atoms with Gasteiger partial charge in [-0.2, -0.15) is 10.1 Å². The number of hydrazone groups is 1. The fraction of sp³-hybridized carbons (Fsp3) is 0.429. The predicted molar refractivity (Wildman–Crippen MR) is 78.9 cm³/mol. The molecule has 1 aromatic rings. The first kappa shape index (κ1) is 13.5. The summed E-state index contributed by atoms with van der Waals surface area (Å²) in [6, 6.07) is 5.33. The fourth-order valence-corrected chi connectivity index (χ4v) is 2.33. The lowest BCUT2D eigenvalue weighted by atomic mass is 10.1. The number of aryl methyl sites for hydroxylation is 1. The van der Waals surface area contributed by atoms with E-state index in [4.69, 9.17) is 0 Å². The predicted octanol–water partition coefficient (Wildman–Crippen LogP) is 2.14. The summed E-state index contributed by atoms with van der Waals surface area (Å²) >= 11 is 0. The highest BCUT2D eigenvalue weighted by Crippen LogP contribution is 2.32. The van der Waals surface area contributed by atoms with Gasteiger partial charge in [0.2, 0.25) is 5.91 Å². The van der Waals surface area contributed by atoms with Crippen molar-refractivity contribution in [3.05, 3.63) is 33.9 Å². The number of nitrogens with zero attached hydrogens (tertiary/aromatic N) is 3. The van der Waals surface area contributed by atoms with Crippen molar-refractivity contribution in [2.24, 2.45) is 11.0 Å². The third-order valence-electron chi connectivity index (χ3n) is 3.73. The highest BCUT2D eigenvalue weighted by molar-refractivity contribution is 5.94. The Morgan fingerprint density at radius 2 is 2.24 bits per heavy atom. The smallest absolute Gasteiger partial charge is 0.310 e. The van der Waals surface area contributed by atoms with Crippen molar-refractivity contribution in [1.82, 2.24) is 0 Å². The molecular formula is C14H16N4O3. The average Bonchev–Trinajstić information content (AvgIpc) is 3.18. The molecule has 1 amide bonds. The van der Waals surface area contributed by atoms with Crippen LogP contribution in [0.1, 0.15) is 24.8 Å². The molecule has 1 N–H and O–H groups in total. The van der Waals surface area contributed by atoms with Gasteiger partial charge in [-0.3, -0.25) is 14.9 Å². The highest BCUT2D eigenvalue weighted by atomic mass is 16.6. The molecule has 1 saturated carbocycles. The minimum Gasteiger partial charge on any atom is -0.326 e. The zero-order valence-electron chi connectivity index (χ0n) is 11.7. The van der Waals surface area contributed by atoms with E-state index in [1.165, 1.54) is 5.01 Å². The molecule has 0 radical (unpaired) electrons. The number of anilines is 2. The van der Waals surface area contributed by atoms with Crippen molar-refractivity contribution in [3.63, 3.8) is 0 Å². The lowest BCUT2D eigenvalue weighted by molar-refractivity contribution is -0.518. The Kier molecular flexibility index (Phi) is 3.32. The molecular weight excluding hydrogens is 272 g/mol. The fourth-order valence-electron chi connectivity index (χ4n) is 2.33. The molecule has 0 bridgehead atoms. The molecule has 110 valence electrons. The maximum absolute atomic E-state index is 11.8. The molecule has 1 aliphatic carbocycles. The number of amides is 1. The molecule has 7 nitrogen and oxygen atoms in total. The number of benzene rings is 1. The van der Waals surface area contributed by atoms with Crippen LogP contribution in [0.3, 0.4) is 0 Å². The van der Waals surface area contributed by atoms with E-state index in [0.717, 1.165) is 24.1 Å². The number of nitrogens with one attached hydrogen (secondary N) is 1. The summed E-state index contributed by atoms with van der Waals surface area (Å²) in [5, 5.41) is 19.3. The molecule has 1 aliphatic heterocycles. The standard InChI is InChI=1S/C14H16N4O3/c1-9-8-11(17-13(18(20)21)6-7-15-17)4-5-12(9)16-14(19)10-2-3-10/h4-5,7-8,10,13H,2-3,6H2,1H3,(H,16,19). The highest BCUT2D eigenvalue weighted by Gasteiger charge is 2.32. The van der Waals surface area contributed by atoms with Crippen LogP contribution in [0.2, 0.25) is 0 Å². The SMILES string of the molecule is Cc1cc(N2N=CCC2[N+](=O)[O-])ccc1NC(=O)C1CC1. The van der Waals surface area contributed by atoms with E-state index in [1.807, 2.05) is 13.0 Å². The van der Waals surface area contributed by atoms with Crippen molar-refractivity contribution in [2.45, 2.75) is 32.4 Å². The van der Waals surface area contributed by atoms with Crippen LogP contribution in [0.15, 0.2) is 23.3 Å². The maximum Gasteiger partial charge on any atom is 0.310 e. The van der Waals surface area contributed by atoms with Crippen LogP contribution in [0.25, 0.3) is 0 Å². The van der Waals surface area contributed by atoms with Crippen LogP contribution in [0.4, 0.5) is 11.4 Å². The minimum atomic E-state index is -0.851. The summed E-state index contributed by atoms with van der Waals surface area (Å²) in [6.45, 7) is 1.87. The van der Waals surface area contributed by atoms with Crippen LogP contribution in [0, 0.1) is 23.0 Å². The monoisotopic (exact) mass is 288 g/mol. The third-order valence-corrected chi connectivity index (χ3v) is 3.73. The number of carbonyl (C=O) groups excluding carboxylic acids is 1. The number of rotatable bonds is 4. The van der Waals surface area contributed by atoms with Gasteiger partial charge in [-0.15, -0.1) is 0 Å². The van der Waals surface area contributed by atoms with Gasteiger partial charge in [0.25, 0.3) is 0 Å². The molecule has 1 aromatic carbocycles. The Bertz CT molecular complexity index is 625. The van der Waals surface area contributed by atoms with E-state index in [-0.39, 0.29) is 16.7 Å². The van der Waals surface area contributed by atoms with Gasteiger partial charge in [0.15, 0.2) is 0 Å². The van der Waals surface area contributed by atoms with Crippen LogP contribution < -0.4 is 10.3 Å². The van der Waals surface area contributed by atoms with Crippen LogP contribution in [-0.4, -0.2) is 23.2 Å². The summed E-state index contributed by atoms with van der Waals surface area (Å²) in [5.74, 6) is 0.194. The summed E-state index contributed by atoms with van der Waals surface area (Å²) in [7, 11) is 0. The van der Waals surface area contributed by atoms with E-state index in [9.17, 15) is 14.9 Å². The number of hydrogen-bond donors (Lipinski definition) is 1. The Morgan fingerprint density at radius 1 is 1.48 bits per heavy atom. The quantitative estimate of drug-likeness (QED) is 0.679. The van der Waals surface area contributed by atoms with E-state index < -0.39 is 6.17 Å². The first-order valence-corrected chi connectivity index (χ1v) is 6.93. The first-order valence-electron chi connectivity index (χ1n) is 6.93. The van der Waals surface area contributed by atoms with Gasteiger partial charge in [-0.05, 0) is 43.5 Å². The zero-order chi connectivity index (χ0) is 15.0. The van der Waals surface area contributed by atoms with Gasteiger partial charge in [0, 0.05) is 22.7 Å². The summed E-state index contributed by atoms with van der Waals surface area (Å²) in [6.07, 6.45) is 2.90. The molecule has 1 heterocycles. The van der Waals surface area contributed by atoms with E-state index in [0.29, 0.717) is 12.1 Å². The molecule has 2 aliphatic rings. The first-order chi connectivity index (χ1) is 10.1. The second kappa shape index (κ2) is 5.16. The summed E-state index contributed by atoms with van der Waals surface area (Å²) < 4.78 is 0. The molecule has 0 aromatic heterocycles. The van der Waals surface area contributed by atoms with Gasteiger partial charge in [-0.1, -0.05) is 0 Å². The molecule has 7 heteroatoms. The van der Waals surface area contributed by atoms with Crippen molar-refractivity contribution in [3.8, 4) is 0 Å². The largest absolute Gasteiger partial charge is 0.326 e. The number of carbonyl (C=O) groups is 1.